The Labute approximate surface area is 114 Å². The van der Waals surface area contributed by atoms with Crippen LogP contribution >= 0.6 is 0 Å². The summed E-state index contributed by atoms with van der Waals surface area (Å²) in [5.41, 5.74) is 1.11. The normalized spacial score (nSPS) is 11.9. The quantitative estimate of drug-likeness (QED) is 0.889. The zero-order valence-electron chi connectivity index (χ0n) is 11.7. The summed E-state index contributed by atoms with van der Waals surface area (Å²) >= 11 is 0. The first-order valence-electron chi connectivity index (χ1n) is 6.58. The number of anilines is 3. The zero-order chi connectivity index (χ0) is 13.7. The van der Waals surface area contributed by atoms with Gasteiger partial charge in [-0.25, -0.2) is 9.97 Å². The Morgan fingerprint density at radius 2 is 1.95 bits per heavy atom. The predicted molar refractivity (Wildman–Crippen MR) is 79.9 cm³/mol. The van der Waals surface area contributed by atoms with Crippen molar-refractivity contribution in [2.45, 2.75) is 26.3 Å². The van der Waals surface area contributed by atoms with E-state index in [1.54, 1.807) is 6.33 Å². The molecule has 0 aliphatic heterocycles. The van der Waals surface area contributed by atoms with E-state index in [0.717, 1.165) is 23.7 Å². The fourth-order valence-electron chi connectivity index (χ4n) is 1.75. The topological polar surface area (TPSA) is 41.0 Å². The molecule has 2 rings (SSSR count). The van der Waals surface area contributed by atoms with Gasteiger partial charge in [0.15, 0.2) is 0 Å². The van der Waals surface area contributed by atoms with Crippen LogP contribution < -0.4 is 10.2 Å². The van der Waals surface area contributed by atoms with Gasteiger partial charge in [-0.2, -0.15) is 0 Å². The lowest BCUT2D eigenvalue weighted by atomic mass is 10.2. The summed E-state index contributed by atoms with van der Waals surface area (Å²) in [6, 6.07) is 12.5. The Balaban J connectivity index is 2.19. The van der Waals surface area contributed by atoms with E-state index in [4.69, 9.17) is 0 Å². The molecule has 2 aromatic rings. The van der Waals surface area contributed by atoms with Gasteiger partial charge in [0.1, 0.15) is 18.0 Å². The van der Waals surface area contributed by atoms with Crippen LogP contribution in [0.5, 0.6) is 0 Å². The van der Waals surface area contributed by atoms with E-state index in [9.17, 15) is 0 Å². The van der Waals surface area contributed by atoms with Gasteiger partial charge in [-0.1, -0.05) is 25.1 Å². The smallest absolute Gasteiger partial charge is 0.138 e. The average molecular weight is 256 g/mol. The summed E-state index contributed by atoms with van der Waals surface area (Å²) in [6.07, 6.45) is 2.66. The second-order valence-electron chi connectivity index (χ2n) is 4.61. The summed E-state index contributed by atoms with van der Waals surface area (Å²) in [5.74, 6) is 1.74. The maximum atomic E-state index is 4.32. The van der Waals surface area contributed by atoms with Crippen molar-refractivity contribution in [2.24, 2.45) is 0 Å². The minimum absolute atomic E-state index is 0.407. The number of hydrogen-bond donors (Lipinski definition) is 1. The molecule has 0 saturated heterocycles. The lowest BCUT2D eigenvalue weighted by molar-refractivity contribution is 0.758. The Morgan fingerprint density at radius 1 is 1.21 bits per heavy atom. The van der Waals surface area contributed by atoms with E-state index >= 15 is 0 Å². The molecular weight excluding hydrogens is 236 g/mol. The van der Waals surface area contributed by atoms with E-state index in [1.165, 1.54) is 0 Å². The van der Waals surface area contributed by atoms with Crippen LogP contribution in [0.1, 0.15) is 20.3 Å². The van der Waals surface area contributed by atoms with Gasteiger partial charge >= 0.3 is 0 Å². The molecule has 0 saturated carbocycles. The number of benzene rings is 1. The Morgan fingerprint density at radius 3 is 2.63 bits per heavy atom. The maximum absolute atomic E-state index is 4.32. The number of nitrogens with one attached hydrogen (secondary N) is 1. The average Bonchev–Trinajstić information content (AvgIpc) is 2.47. The molecule has 1 heterocycles. The Hall–Kier alpha value is -2.10. The van der Waals surface area contributed by atoms with Crippen molar-refractivity contribution >= 4 is 17.3 Å². The molecule has 1 unspecified atom stereocenters. The zero-order valence-corrected chi connectivity index (χ0v) is 11.7. The third-order valence-corrected chi connectivity index (χ3v) is 3.15. The van der Waals surface area contributed by atoms with Gasteiger partial charge in [0, 0.05) is 24.8 Å². The fraction of sp³-hybridized carbons (Fsp3) is 0.333. The molecule has 0 bridgehead atoms. The second-order valence-corrected chi connectivity index (χ2v) is 4.61. The van der Waals surface area contributed by atoms with Gasteiger partial charge < -0.3 is 10.2 Å². The van der Waals surface area contributed by atoms with Crippen LogP contribution in [-0.2, 0) is 0 Å². The third kappa shape index (κ3) is 3.44. The molecule has 0 aliphatic rings. The molecule has 1 N–H and O–H groups in total. The standard InChI is InChI=1S/C15H20N4/c1-4-12(2)18-14-10-15(17-11-16-14)19(3)13-8-6-5-7-9-13/h5-12H,4H2,1-3H3,(H,16,17,18). The van der Waals surface area contributed by atoms with Crippen LogP contribution in [0.15, 0.2) is 42.7 Å². The number of aromatic nitrogens is 2. The highest BCUT2D eigenvalue weighted by molar-refractivity contribution is 5.61. The lowest BCUT2D eigenvalue weighted by Crippen LogP contribution is -2.16. The van der Waals surface area contributed by atoms with Crippen molar-refractivity contribution in [1.29, 1.82) is 0 Å². The summed E-state index contributed by atoms with van der Waals surface area (Å²) in [5, 5.41) is 3.36. The summed E-state index contributed by atoms with van der Waals surface area (Å²) < 4.78 is 0. The second kappa shape index (κ2) is 6.18. The van der Waals surface area contributed by atoms with Crippen LogP contribution in [0, 0.1) is 0 Å². The molecule has 4 heteroatoms. The largest absolute Gasteiger partial charge is 0.367 e. The van der Waals surface area contributed by atoms with Crippen molar-refractivity contribution in [2.75, 3.05) is 17.3 Å². The summed E-state index contributed by atoms with van der Waals surface area (Å²) in [6.45, 7) is 4.29. The molecule has 19 heavy (non-hydrogen) atoms. The fourth-order valence-corrected chi connectivity index (χ4v) is 1.75. The molecule has 100 valence electrons. The highest BCUT2D eigenvalue weighted by Crippen LogP contribution is 2.22. The van der Waals surface area contributed by atoms with E-state index in [1.807, 2.05) is 36.2 Å². The Kier molecular flexibility index (Phi) is 4.34. The first-order chi connectivity index (χ1) is 9.20. The van der Waals surface area contributed by atoms with Crippen molar-refractivity contribution < 1.29 is 0 Å². The molecule has 1 aromatic carbocycles. The molecule has 1 aromatic heterocycles. The van der Waals surface area contributed by atoms with Gasteiger partial charge in [-0.05, 0) is 25.5 Å². The van der Waals surface area contributed by atoms with E-state index < -0.39 is 0 Å². The van der Waals surface area contributed by atoms with Crippen molar-refractivity contribution in [3.8, 4) is 0 Å². The van der Waals surface area contributed by atoms with Gasteiger partial charge in [-0.15, -0.1) is 0 Å². The number of hydrogen-bond acceptors (Lipinski definition) is 4. The maximum Gasteiger partial charge on any atom is 0.138 e. The first kappa shape index (κ1) is 13.3. The molecular formula is C15H20N4. The third-order valence-electron chi connectivity index (χ3n) is 3.15. The molecule has 1 atom stereocenters. The Bertz CT molecular complexity index is 513. The van der Waals surface area contributed by atoms with Crippen molar-refractivity contribution in [3.63, 3.8) is 0 Å². The molecule has 0 radical (unpaired) electrons. The number of rotatable bonds is 5. The molecule has 0 spiro atoms. The highest BCUT2D eigenvalue weighted by atomic mass is 15.2. The van der Waals surface area contributed by atoms with Gasteiger partial charge in [0.05, 0.1) is 0 Å². The summed E-state index contributed by atoms with van der Waals surface area (Å²) in [7, 11) is 2.00. The van der Waals surface area contributed by atoms with Crippen LogP contribution in [0.2, 0.25) is 0 Å². The highest BCUT2D eigenvalue weighted by Gasteiger charge is 2.07. The van der Waals surface area contributed by atoms with Crippen LogP contribution in [0.25, 0.3) is 0 Å². The minimum Gasteiger partial charge on any atom is -0.367 e. The summed E-state index contributed by atoms with van der Waals surface area (Å²) in [4.78, 5) is 10.6. The van der Waals surface area contributed by atoms with Crippen molar-refractivity contribution in [3.05, 3.63) is 42.7 Å². The van der Waals surface area contributed by atoms with E-state index in [0.29, 0.717) is 6.04 Å². The SMILES string of the molecule is CCC(C)Nc1cc(N(C)c2ccccc2)ncn1. The van der Waals surface area contributed by atoms with Crippen LogP contribution in [0.4, 0.5) is 17.3 Å². The molecule has 0 amide bonds. The van der Waals surface area contributed by atoms with E-state index in [-0.39, 0.29) is 0 Å². The van der Waals surface area contributed by atoms with Gasteiger partial charge in [0.25, 0.3) is 0 Å². The molecule has 0 aliphatic carbocycles. The van der Waals surface area contributed by atoms with E-state index in [2.05, 4.69) is 41.3 Å². The lowest BCUT2D eigenvalue weighted by Gasteiger charge is -2.19. The minimum atomic E-state index is 0.407. The predicted octanol–water partition coefficient (Wildman–Crippen LogP) is 3.45. The van der Waals surface area contributed by atoms with Gasteiger partial charge in [-0.3, -0.25) is 0 Å². The number of nitrogens with zero attached hydrogens (tertiary/aromatic N) is 3. The van der Waals surface area contributed by atoms with Gasteiger partial charge in [0.2, 0.25) is 0 Å². The monoisotopic (exact) mass is 256 g/mol. The molecule has 4 nitrogen and oxygen atoms in total. The van der Waals surface area contributed by atoms with Crippen LogP contribution in [0.3, 0.4) is 0 Å². The number of para-hydroxylation sites is 1. The van der Waals surface area contributed by atoms with Crippen molar-refractivity contribution in [1.82, 2.24) is 9.97 Å². The van der Waals surface area contributed by atoms with Crippen LogP contribution in [-0.4, -0.2) is 23.1 Å². The molecule has 0 fully saturated rings. The first-order valence-corrected chi connectivity index (χ1v) is 6.58.